The maximum Gasteiger partial charge on any atom is 0.0624 e. The Labute approximate surface area is 80.9 Å². The van der Waals surface area contributed by atoms with Crippen LogP contribution in [-0.2, 0) is 4.74 Å². The van der Waals surface area contributed by atoms with Crippen molar-refractivity contribution in [2.24, 2.45) is 11.8 Å². The maximum atomic E-state index is 8.70. The van der Waals surface area contributed by atoms with Crippen LogP contribution in [0.25, 0.3) is 0 Å². The Balaban J connectivity index is 2.37. The summed E-state index contributed by atoms with van der Waals surface area (Å²) >= 11 is 0. The summed E-state index contributed by atoms with van der Waals surface area (Å²) in [5, 5.41) is 8.70. The lowest BCUT2D eigenvalue weighted by Gasteiger charge is -2.28. The van der Waals surface area contributed by atoms with Crippen molar-refractivity contribution in [2.75, 3.05) is 13.2 Å². The van der Waals surface area contributed by atoms with Crippen molar-refractivity contribution in [3.8, 4) is 6.07 Å². The number of ether oxygens (including phenoxy) is 1. The van der Waals surface area contributed by atoms with Crippen molar-refractivity contribution in [3.05, 3.63) is 0 Å². The molecule has 13 heavy (non-hydrogen) atoms. The van der Waals surface area contributed by atoms with Crippen molar-refractivity contribution >= 4 is 0 Å². The number of hydrogen-bond donors (Lipinski definition) is 0. The molecular formula is C11H19NO. The third-order valence-electron chi connectivity index (χ3n) is 2.88. The predicted molar refractivity (Wildman–Crippen MR) is 52.2 cm³/mol. The molecule has 2 unspecified atom stereocenters. The monoisotopic (exact) mass is 181 g/mol. The lowest BCUT2D eigenvalue weighted by molar-refractivity contribution is 0.0294. The second-order valence-electron chi connectivity index (χ2n) is 3.89. The van der Waals surface area contributed by atoms with Crippen LogP contribution in [0.4, 0.5) is 0 Å². The van der Waals surface area contributed by atoms with E-state index in [1.165, 1.54) is 25.7 Å². The van der Waals surface area contributed by atoms with Gasteiger partial charge in [0.2, 0.25) is 0 Å². The first-order valence-electron chi connectivity index (χ1n) is 5.33. The van der Waals surface area contributed by atoms with E-state index in [0.717, 1.165) is 13.2 Å². The predicted octanol–water partition coefficient (Wildman–Crippen LogP) is 2.74. The largest absolute Gasteiger partial charge is 0.381 e. The molecule has 0 aliphatic carbocycles. The Morgan fingerprint density at radius 1 is 1.62 bits per heavy atom. The van der Waals surface area contributed by atoms with Crippen LogP contribution in [0.5, 0.6) is 0 Å². The van der Waals surface area contributed by atoms with Crippen LogP contribution in [0.2, 0.25) is 0 Å². The van der Waals surface area contributed by atoms with E-state index in [-0.39, 0.29) is 0 Å². The first kappa shape index (κ1) is 10.5. The van der Waals surface area contributed by atoms with E-state index in [4.69, 9.17) is 10.00 Å². The molecule has 1 aliphatic rings. The van der Waals surface area contributed by atoms with Crippen LogP contribution in [0.3, 0.4) is 0 Å². The summed E-state index contributed by atoms with van der Waals surface area (Å²) < 4.78 is 5.45. The summed E-state index contributed by atoms with van der Waals surface area (Å²) in [5.74, 6) is 1.23. The zero-order chi connectivity index (χ0) is 9.52. The number of nitrogens with zero attached hydrogens (tertiary/aromatic N) is 1. The maximum absolute atomic E-state index is 8.70. The molecule has 1 aliphatic heterocycles. The fraction of sp³-hybridized carbons (Fsp3) is 0.909. The van der Waals surface area contributed by atoms with Gasteiger partial charge in [0, 0.05) is 19.6 Å². The average molecular weight is 181 g/mol. The number of hydrogen-bond acceptors (Lipinski definition) is 2. The van der Waals surface area contributed by atoms with Crippen molar-refractivity contribution in [1.82, 2.24) is 0 Å². The highest BCUT2D eigenvalue weighted by Gasteiger charge is 2.22. The summed E-state index contributed by atoms with van der Waals surface area (Å²) in [6.45, 7) is 3.99. The van der Waals surface area contributed by atoms with Gasteiger partial charge in [0.05, 0.1) is 6.07 Å². The lowest BCUT2D eigenvalue weighted by atomic mass is 9.83. The van der Waals surface area contributed by atoms with Gasteiger partial charge >= 0.3 is 0 Å². The summed E-state index contributed by atoms with van der Waals surface area (Å²) in [6, 6.07) is 2.29. The molecule has 1 fully saturated rings. The van der Waals surface area contributed by atoms with Gasteiger partial charge in [-0.25, -0.2) is 0 Å². The van der Waals surface area contributed by atoms with E-state index >= 15 is 0 Å². The Hall–Kier alpha value is -0.550. The highest BCUT2D eigenvalue weighted by atomic mass is 16.5. The topological polar surface area (TPSA) is 33.0 Å². The van der Waals surface area contributed by atoms with Crippen LogP contribution in [0.15, 0.2) is 0 Å². The first-order chi connectivity index (χ1) is 6.38. The van der Waals surface area contributed by atoms with Crippen molar-refractivity contribution in [1.29, 1.82) is 5.26 Å². The van der Waals surface area contributed by atoms with Gasteiger partial charge in [0.25, 0.3) is 0 Å². The molecule has 0 aromatic carbocycles. The minimum atomic E-state index is 0.579. The van der Waals surface area contributed by atoms with Gasteiger partial charge in [-0.1, -0.05) is 13.3 Å². The van der Waals surface area contributed by atoms with E-state index in [2.05, 4.69) is 13.0 Å². The molecule has 1 saturated heterocycles. The molecule has 0 saturated carbocycles. The van der Waals surface area contributed by atoms with Gasteiger partial charge in [-0.15, -0.1) is 0 Å². The van der Waals surface area contributed by atoms with Crippen molar-refractivity contribution < 1.29 is 4.74 Å². The zero-order valence-corrected chi connectivity index (χ0v) is 8.46. The molecule has 1 rings (SSSR count). The second kappa shape index (κ2) is 5.99. The molecule has 0 aromatic rings. The molecule has 0 bridgehead atoms. The molecule has 0 amide bonds. The molecule has 2 heteroatoms. The van der Waals surface area contributed by atoms with Gasteiger partial charge in [0.1, 0.15) is 0 Å². The number of nitriles is 1. The minimum absolute atomic E-state index is 0.579. The SMILES string of the molecule is CCCC(CC#N)C1CCCOC1. The Kier molecular flexibility index (Phi) is 4.85. The smallest absolute Gasteiger partial charge is 0.0624 e. The van der Waals surface area contributed by atoms with Gasteiger partial charge in [-0.3, -0.25) is 0 Å². The quantitative estimate of drug-likeness (QED) is 0.668. The highest BCUT2D eigenvalue weighted by molar-refractivity contribution is 4.81. The lowest BCUT2D eigenvalue weighted by Crippen LogP contribution is -2.24. The van der Waals surface area contributed by atoms with Crippen molar-refractivity contribution in [2.45, 2.75) is 39.0 Å². The number of rotatable bonds is 4. The molecule has 0 radical (unpaired) electrons. The fourth-order valence-electron chi connectivity index (χ4n) is 2.13. The minimum Gasteiger partial charge on any atom is -0.381 e. The van der Waals surface area contributed by atoms with Crippen LogP contribution in [0, 0.1) is 23.2 Å². The standard InChI is InChI=1S/C11H19NO/c1-2-4-10(6-7-12)11-5-3-8-13-9-11/h10-11H,2-6,8-9H2,1H3. The van der Waals surface area contributed by atoms with Gasteiger partial charge in [-0.2, -0.15) is 5.26 Å². The zero-order valence-electron chi connectivity index (χ0n) is 8.46. The summed E-state index contributed by atoms with van der Waals surface area (Å²) in [6.07, 6.45) is 5.51. The molecule has 2 atom stereocenters. The average Bonchev–Trinajstić information content (AvgIpc) is 2.19. The van der Waals surface area contributed by atoms with E-state index in [9.17, 15) is 0 Å². The Morgan fingerprint density at radius 2 is 2.46 bits per heavy atom. The normalized spacial score (nSPS) is 25.1. The molecule has 0 N–H and O–H groups in total. The Bertz CT molecular complexity index is 167. The first-order valence-corrected chi connectivity index (χ1v) is 5.33. The molecule has 1 heterocycles. The van der Waals surface area contributed by atoms with Gasteiger partial charge < -0.3 is 4.74 Å². The molecule has 74 valence electrons. The van der Waals surface area contributed by atoms with Crippen LogP contribution >= 0.6 is 0 Å². The molecule has 0 aromatic heterocycles. The molecule has 0 spiro atoms. The highest BCUT2D eigenvalue weighted by Crippen LogP contribution is 2.28. The summed E-state index contributed by atoms with van der Waals surface area (Å²) in [5.41, 5.74) is 0. The van der Waals surface area contributed by atoms with E-state index in [1.54, 1.807) is 0 Å². The van der Waals surface area contributed by atoms with Crippen LogP contribution in [0.1, 0.15) is 39.0 Å². The van der Waals surface area contributed by atoms with E-state index < -0.39 is 0 Å². The fourth-order valence-corrected chi connectivity index (χ4v) is 2.13. The third kappa shape index (κ3) is 3.36. The van der Waals surface area contributed by atoms with Gasteiger partial charge in [-0.05, 0) is 31.1 Å². The van der Waals surface area contributed by atoms with Crippen molar-refractivity contribution in [3.63, 3.8) is 0 Å². The molecule has 2 nitrogen and oxygen atoms in total. The van der Waals surface area contributed by atoms with E-state index in [1.807, 2.05) is 0 Å². The van der Waals surface area contributed by atoms with Crippen LogP contribution < -0.4 is 0 Å². The summed E-state index contributed by atoms with van der Waals surface area (Å²) in [4.78, 5) is 0. The third-order valence-corrected chi connectivity index (χ3v) is 2.88. The second-order valence-corrected chi connectivity index (χ2v) is 3.89. The van der Waals surface area contributed by atoms with E-state index in [0.29, 0.717) is 18.3 Å². The van der Waals surface area contributed by atoms with Gasteiger partial charge in [0.15, 0.2) is 0 Å². The van der Waals surface area contributed by atoms with Crippen LogP contribution in [-0.4, -0.2) is 13.2 Å². The molecular weight excluding hydrogens is 162 g/mol. The summed E-state index contributed by atoms with van der Waals surface area (Å²) in [7, 11) is 0. The Morgan fingerprint density at radius 3 is 3.00 bits per heavy atom.